The van der Waals surface area contributed by atoms with Crippen LogP contribution < -0.4 is 5.32 Å². The Labute approximate surface area is 104 Å². The number of thioether (sulfide) groups is 1. The Bertz CT molecular complexity index is 328. The number of aliphatic hydroxyl groups excluding tert-OH is 2. The average Bonchev–Trinajstić information content (AvgIpc) is 2.85. The molecule has 1 amide bonds. The number of furan rings is 1. The lowest BCUT2D eigenvalue weighted by molar-refractivity contribution is -0.120. The maximum Gasteiger partial charge on any atom is 0.233 e. The highest BCUT2D eigenvalue weighted by molar-refractivity contribution is 8.00. The Hall–Kier alpha value is -0.980. The summed E-state index contributed by atoms with van der Waals surface area (Å²) in [4.78, 5) is 11.6. The molecule has 17 heavy (non-hydrogen) atoms. The molecule has 1 rings (SSSR count). The summed E-state index contributed by atoms with van der Waals surface area (Å²) >= 11 is 1.30. The number of hydrogen-bond donors (Lipinski definition) is 3. The summed E-state index contributed by atoms with van der Waals surface area (Å²) in [5.41, 5.74) is 0. The lowest BCUT2D eigenvalue weighted by Crippen LogP contribution is -2.31. The van der Waals surface area contributed by atoms with E-state index in [1.54, 1.807) is 25.3 Å². The molecule has 1 aromatic rings. The molecule has 0 aliphatic heterocycles. The quantitative estimate of drug-likeness (QED) is 0.659. The second-order valence-corrected chi connectivity index (χ2v) is 4.98. The van der Waals surface area contributed by atoms with Crippen LogP contribution in [0.4, 0.5) is 0 Å². The van der Waals surface area contributed by atoms with Crippen molar-refractivity contribution in [3.05, 3.63) is 24.2 Å². The first-order valence-electron chi connectivity index (χ1n) is 5.34. The SMILES string of the molecule is CC(SCC(O)CO)C(=O)NCc1ccco1. The van der Waals surface area contributed by atoms with E-state index in [4.69, 9.17) is 14.6 Å². The first kappa shape index (κ1) is 14.1. The molecular formula is C11H17NO4S. The average molecular weight is 259 g/mol. The summed E-state index contributed by atoms with van der Waals surface area (Å²) in [7, 11) is 0. The van der Waals surface area contributed by atoms with Gasteiger partial charge in [-0.15, -0.1) is 11.8 Å². The van der Waals surface area contributed by atoms with Crippen molar-refractivity contribution >= 4 is 17.7 Å². The highest BCUT2D eigenvalue weighted by Crippen LogP contribution is 2.12. The molecule has 5 nitrogen and oxygen atoms in total. The largest absolute Gasteiger partial charge is 0.467 e. The maximum absolute atomic E-state index is 11.6. The van der Waals surface area contributed by atoms with E-state index in [-0.39, 0.29) is 17.8 Å². The van der Waals surface area contributed by atoms with E-state index in [2.05, 4.69) is 5.32 Å². The van der Waals surface area contributed by atoms with Gasteiger partial charge in [0.25, 0.3) is 0 Å². The van der Waals surface area contributed by atoms with Gasteiger partial charge in [-0.05, 0) is 19.1 Å². The first-order chi connectivity index (χ1) is 8.13. The molecule has 0 spiro atoms. The standard InChI is InChI=1S/C11H17NO4S/c1-8(17-7-9(14)6-13)11(15)12-5-10-3-2-4-16-10/h2-4,8-9,13-14H,5-7H2,1H3,(H,12,15). The zero-order chi connectivity index (χ0) is 12.7. The number of hydrogen-bond acceptors (Lipinski definition) is 5. The van der Waals surface area contributed by atoms with Crippen molar-refractivity contribution in [2.24, 2.45) is 0 Å². The molecule has 0 aliphatic carbocycles. The molecule has 0 bridgehead atoms. The Morgan fingerprint density at radius 1 is 1.65 bits per heavy atom. The van der Waals surface area contributed by atoms with Gasteiger partial charge in [0.1, 0.15) is 5.76 Å². The third-order valence-electron chi connectivity index (χ3n) is 2.14. The smallest absolute Gasteiger partial charge is 0.233 e. The van der Waals surface area contributed by atoms with Gasteiger partial charge >= 0.3 is 0 Å². The van der Waals surface area contributed by atoms with Gasteiger partial charge in [0, 0.05) is 5.75 Å². The Morgan fingerprint density at radius 2 is 2.41 bits per heavy atom. The minimum absolute atomic E-state index is 0.114. The lowest BCUT2D eigenvalue weighted by atomic mass is 10.4. The summed E-state index contributed by atoms with van der Waals surface area (Å²) < 4.78 is 5.08. The van der Waals surface area contributed by atoms with Gasteiger partial charge in [0.2, 0.25) is 5.91 Å². The molecule has 6 heteroatoms. The summed E-state index contributed by atoms with van der Waals surface area (Å²) in [6, 6.07) is 3.55. The van der Waals surface area contributed by atoms with Gasteiger partial charge in [-0.2, -0.15) is 0 Å². The van der Waals surface area contributed by atoms with Crippen LogP contribution in [0.25, 0.3) is 0 Å². The van der Waals surface area contributed by atoms with Crippen molar-refractivity contribution in [1.29, 1.82) is 0 Å². The zero-order valence-corrected chi connectivity index (χ0v) is 10.4. The molecule has 2 atom stereocenters. The van der Waals surface area contributed by atoms with Crippen LogP contribution in [0.1, 0.15) is 12.7 Å². The number of carbonyl (C=O) groups is 1. The van der Waals surface area contributed by atoms with Gasteiger partial charge in [0.15, 0.2) is 0 Å². The predicted molar refractivity (Wildman–Crippen MR) is 65.6 cm³/mol. The van der Waals surface area contributed by atoms with E-state index >= 15 is 0 Å². The lowest BCUT2D eigenvalue weighted by Gasteiger charge is -2.13. The molecule has 0 saturated carbocycles. The minimum atomic E-state index is -0.777. The Morgan fingerprint density at radius 3 is 3.00 bits per heavy atom. The summed E-state index contributed by atoms with van der Waals surface area (Å²) in [5.74, 6) is 0.925. The van der Waals surface area contributed by atoms with E-state index < -0.39 is 6.10 Å². The first-order valence-corrected chi connectivity index (χ1v) is 6.39. The molecule has 0 saturated heterocycles. The number of nitrogens with one attached hydrogen (secondary N) is 1. The van der Waals surface area contributed by atoms with E-state index in [9.17, 15) is 4.79 Å². The molecule has 0 aromatic carbocycles. The van der Waals surface area contributed by atoms with Crippen molar-refractivity contribution in [3.63, 3.8) is 0 Å². The fraction of sp³-hybridized carbons (Fsp3) is 0.545. The molecule has 96 valence electrons. The van der Waals surface area contributed by atoms with Gasteiger partial charge in [-0.25, -0.2) is 0 Å². The summed E-state index contributed by atoms with van der Waals surface area (Å²) in [6.07, 6.45) is 0.775. The molecule has 0 aliphatic rings. The fourth-order valence-corrected chi connectivity index (χ4v) is 1.97. The Kier molecular flexibility index (Phi) is 6.10. The van der Waals surface area contributed by atoms with Crippen molar-refractivity contribution in [2.75, 3.05) is 12.4 Å². The predicted octanol–water partition coefficient (Wildman–Crippen LogP) is 0.371. The Balaban J connectivity index is 2.22. The van der Waals surface area contributed by atoms with Gasteiger partial charge < -0.3 is 19.9 Å². The molecule has 0 radical (unpaired) electrons. The maximum atomic E-state index is 11.6. The van der Waals surface area contributed by atoms with Crippen LogP contribution in [0.2, 0.25) is 0 Å². The highest BCUT2D eigenvalue weighted by atomic mass is 32.2. The van der Waals surface area contributed by atoms with Crippen LogP contribution in [-0.2, 0) is 11.3 Å². The van der Waals surface area contributed by atoms with Crippen LogP contribution in [0, 0.1) is 0 Å². The van der Waals surface area contributed by atoms with Gasteiger partial charge in [0.05, 0.1) is 30.8 Å². The molecule has 2 unspecified atom stereocenters. The molecule has 1 heterocycles. The number of carbonyl (C=O) groups excluding carboxylic acids is 1. The van der Waals surface area contributed by atoms with E-state index in [0.29, 0.717) is 18.1 Å². The van der Waals surface area contributed by atoms with Crippen molar-refractivity contribution < 1.29 is 19.4 Å². The van der Waals surface area contributed by atoms with Crippen LogP contribution >= 0.6 is 11.8 Å². The molecule has 3 N–H and O–H groups in total. The van der Waals surface area contributed by atoms with Crippen molar-refractivity contribution in [2.45, 2.75) is 24.8 Å². The van der Waals surface area contributed by atoms with E-state index in [1.165, 1.54) is 11.8 Å². The monoisotopic (exact) mass is 259 g/mol. The third kappa shape index (κ3) is 5.25. The number of aliphatic hydroxyl groups is 2. The molecule has 0 fully saturated rings. The van der Waals surface area contributed by atoms with Crippen LogP contribution in [0.15, 0.2) is 22.8 Å². The highest BCUT2D eigenvalue weighted by Gasteiger charge is 2.15. The van der Waals surface area contributed by atoms with E-state index in [1.807, 2.05) is 0 Å². The summed E-state index contributed by atoms with van der Waals surface area (Å²) in [6.45, 7) is 1.83. The minimum Gasteiger partial charge on any atom is -0.467 e. The number of amides is 1. The second kappa shape index (κ2) is 7.37. The van der Waals surface area contributed by atoms with Gasteiger partial charge in [-0.1, -0.05) is 0 Å². The van der Waals surface area contributed by atoms with Crippen molar-refractivity contribution in [3.8, 4) is 0 Å². The topological polar surface area (TPSA) is 82.7 Å². The molecular weight excluding hydrogens is 242 g/mol. The fourth-order valence-electron chi connectivity index (χ4n) is 1.11. The van der Waals surface area contributed by atoms with Crippen LogP contribution in [-0.4, -0.2) is 39.8 Å². The zero-order valence-electron chi connectivity index (χ0n) is 9.63. The van der Waals surface area contributed by atoms with Crippen LogP contribution in [0.3, 0.4) is 0 Å². The van der Waals surface area contributed by atoms with Crippen LogP contribution in [0.5, 0.6) is 0 Å². The number of rotatable bonds is 7. The van der Waals surface area contributed by atoms with Gasteiger partial charge in [-0.3, -0.25) is 4.79 Å². The second-order valence-electron chi connectivity index (χ2n) is 3.61. The molecule has 1 aromatic heterocycles. The third-order valence-corrected chi connectivity index (χ3v) is 3.43. The van der Waals surface area contributed by atoms with E-state index in [0.717, 1.165) is 0 Å². The summed E-state index contributed by atoms with van der Waals surface area (Å²) in [5, 5.41) is 20.2. The normalized spacial score (nSPS) is 14.3. The van der Waals surface area contributed by atoms with Crippen molar-refractivity contribution in [1.82, 2.24) is 5.32 Å².